The molecule has 1 N–H and O–H groups in total. The lowest BCUT2D eigenvalue weighted by atomic mass is 9.70. The summed E-state index contributed by atoms with van der Waals surface area (Å²) in [5.41, 5.74) is 0.274. The molecule has 0 saturated heterocycles. The first-order valence-electron chi connectivity index (χ1n) is 6.16. The van der Waals surface area contributed by atoms with E-state index >= 15 is 0 Å². The molecule has 0 spiro atoms. The van der Waals surface area contributed by atoms with Gasteiger partial charge in [-0.1, -0.05) is 32.3 Å². The summed E-state index contributed by atoms with van der Waals surface area (Å²) in [5, 5.41) is 10.3. The van der Waals surface area contributed by atoms with Gasteiger partial charge >= 0.3 is 0 Å². The Kier molecular flexibility index (Phi) is 3.48. The van der Waals surface area contributed by atoms with Crippen LogP contribution in [-0.2, 0) is 0 Å². The molecule has 1 saturated carbocycles. The van der Waals surface area contributed by atoms with Crippen LogP contribution in [0.25, 0.3) is 0 Å². The van der Waals surface area contributed by atoms with Crippen LogP contribution in [0.3, 0.4) is 0 Å². The van der Waals surface area contributed by atoms with Crippen molar-refractivity contribution >= 4 is 0 Å². The normalized spacial score (nSPS) is 21.2. The first-order chi connectivity index (χ1) is 8.03. The van der Waals surface area contributed by atoms with Crippen molar-refractivity contribution in [2.75, 3.05) is 0 Å². The van der Waals surface area contributed by atoms with Crippen molar-refractivity contribution < 1.29 is 13.9 Å². The summed E-state index contributed by atoms with van der Waals surface area (Å²) in [6.45, 7) is 2.03. The van der Waals surface area contributed by atoms with Crippen LogP contribution in [0.4, 0.5) is 8.78 Å². The first kappa shape index (κ1) is 12.5. The summed E-state index contributed by atoms with van der Waals surface area (Å²) in [4.78, 5) is 0. The van der Waals surface area contributed by atoms with Crippen molar-refractivity contribution in [3.63, 3.8) is 0 Å². The Labute approximate surface area is 100 Å². The molecule has 0 amide bonds. The standard InChI is InChI=1S/C14H18F2O/c1-14(7-3-2-4-8-14)13(17)10-5-6-11(15)12(16)9-10/h5-6,9,13,17H,2-4,7-8H2,1H3. The largest absolute Gasteiger partial charge is 0.388 e. The van der Waals surface area contributed by atoms with Crippen molar-refractivity contribution in [3.05, 3.63) is 35.4 Å². The second kappa shape index (κ2) is 4.73. The fourth-order valence-electron chi connectivity index (χ4n) is 2.72. The average molecular weight is 240 g/mol. The molecule has 2 rings (SSSR count). The third-order valence-electron chi connectivity index (χ3n) is 3.92. The van der Waals surface area contributed by atoms with Crippen LogP contribution in [0, 0.1) is 17.0 Å². The summed E-state index contributed by atoms with van der Waals surface area (Å²) < 4.78 is 26.0. The number of aliphatic hydroxyl groups is 1. The summed E-state index contributed by atoms with van der Waals surface area (Å²) in [6.07, 6.45) is 4.55. The zero-order chi connectivity index (χ0) is 12.5. The maximum absolute atomic E-state index is 13.1. The van der Waals surface area contributed by atoms with E-state index in [4.69, 9.17) is 0 Å². The van der Waals surface area contributed by atoms with E-state index in [1.54, 1.807) is 0 Å². The summed E-state index contributed by atoms with van der Waals surface area (Å²) in [6, 6.07) is 3.67. The summed E-state index contributed by atoms with van der Waals surface area (Å²) in [7, 11) is 0. The van der Waals surface area contributed by atoms with Crippen LogP contribution < -0.4 is 0 Å². The molecule has 0 aliphatic heterocycles. The molecular weight excluding hydrogens is 222 g/mol. The fraction of sp³-hybridized carbons (Fsp3) is 0.571. The van der Waals surface area contributed by atoms with Gasteiger partial charge in [0.05, 0.1) is 6.10 Å². The van der Waals surface area contributed by atoms with Crippen LogP contribution in [0.1, 0.15) is 50.7 Å². The molecule has 1 aliphatic carbocycles. The highest BCUT2D eigenvalue weighted by atomic mass is 19.2. The van der Waals surface area contributed by atoms with Gasteiger partial charge in [0.1, 0.15) is 0 Å². The van der Waals surface area contributed by atoms with Gasteiger partial charge in [0.2, 0.25) is 0 Å². The van der Waals surface area contributed by atoms with Gasteiger partial charge in [-0.3, -0.25) is 0 Å². The van der Waals surface area contributed by atoms with Gasteiger partial charge in [0, 0.05) is 0 Å². The Morgan fingerprint density at radius 2 is 1.76 bits per heavy atom. The van der Waals surface area contributed by atoms with Crippen molar-refractivity contribution in [2.45, 2.75) is 45.1 Å². The van der Waals surface area contributed by atoms with Gasteiger partial charge < -0.3 is 5.11 Å². The maximum atomic E-state index is 13.1. The summed E-state index contributed by atoms with van der Waals surface area (Å²) >= 11 is 0. The van der Waals surface area contributed by atoms with Crippen LogP contribution in [0.2, 0.25) is 0 Å². The van der Waals surface area contributed by atoms with Crippen LogP contribution >= 0.6 is 0 Å². The Bertz CT molecular complexity index is 397. The van der Waals surface area contributed by atoms with E-state index < -0.39 is 17.7 Å². The number of hydrogen-bond acceptors (Lipinski definition) is 1. The lowest BCUT2D eigenvalue weighted by Crippen LogP contribution is -2.28. The third-order valence-corrected chi connectivity index (χ3v) is 3.92. The molecule has 1 fully saturated rings. The van der Waals surface area contributed by atoms with Gasteiger partial charge in [0.25, 0.3) is 0 Å². The lowest BCUT2D eigenvalue weighted by Gasteiger charge is -2.38. The monoisotopic (exact) mass is 240 g/mol. The Morgan fingerprint density at radius 1 is 1.12 bits per heavy atom. The van der Waals surface area contributed by atoms with E-state index in [-0.39, 0.29) is 5.41 Å². The minimum Gasteiger partial charge on any atom is -0.388 e. The highest BCUT2D eigenvalue weighted by Gasteiger charge is 2.35. The predicted octanol–water partition coefficient (Wildman–Crippen LogP) is 3.97. The molecule has 17 heavy (non-hydrogen) atoms. The molecule has 1 unspecified atom stereocenters. The van der Waals surface area contributed by atoms with E-state index in [0.717, 1.165) is 37.8 Å². The van der Waals surface area contributed by atoms with Crippen LogP contribution in [0.5, 0.6) is 0 Å². The third kappa shape index (κ3) is 2.49. The molecule has 1 aliphatic rings. The van der Waals surface area contributed by atoms with E-state index in [1.165, 1.54) is 12.5 Å². The van der Waals surface area contributed by atoms with Gasteiger partial charge in [-0.05, 0) is 36.0 Å². The molecule has 1 nitrogen and oxygen atoms in total. The maximum Gasteiger partial charge on any atom is 0.159 e. The van der Waals surface area contributed by atoms with Gasteiger partial charge in [0.15, 0.2) is 11.6 Å². The topological polar surface area (TPSA) is 20.2 Å². The molecule has 0 heterocycles. The lowest BCUT2D eigenvalue weighted by molar-refractivity contribution is 0.00794. The van der Waals surface area contributed by atoms with Gasteiger partial charge in [-0.2, -0.15) is 0 Å². The number of rotatable bonds is 2. The molecule has 1 aromatic rings. The molecule has 0 aromatic heterocycles. The number of aliphatic hydroxyl groups excluding tert-OH is 1. The van der Waals surface area contributed by atoms with E-state index in [2.05, 4.69) is 0 Å². The smallest absolute Gasteiger partial charge is 0.159 e. The predicted molar refractivity (Wildman–Crippen MR) is 62.5 cm³/mol. The van der Waals surface area contributed by atoms with Gasteiger partial charge in [-0.25, -0.2) is 8.78 Å². The molecule has 94 valence electrons. The molecule has 1 atom stereocenters. The van der Waals surface area contributed by atoms with Crippen molar-refractivity contribution in [2.24, 2.45) is 5.41 Å². The number of halogens is 2. The van der Waals surface area contributed by atoms with Crippen molar-refractivity contribution in [1.82, 2.24) is 0 Å². The van der Waals surface area contributed by atoms with Crippen molar-refractivity contribution in [3.8, 4) is 0 Å². The Hall–Kier alpha value is -0.960. The first-order valence-corrected chi connectivity index (χ1v) is 6.16. The number of benzene rings is 1. The number of hydrogen-bond donors (Lipinski definition) is 1. The fourth-order valence-corrected chi connectivity index (χ4v) is 2.72. The minimum absolute atomic E-state index is 0.206. The van der Waals surface area contributed by atoms with E-state index in [0.29, 0.717) is 5.56 Å². The second-order valence-electron chi connectivity index (χ2n) is 5.29. The summed E-state index contributed by atoms with van der Waals surface area (Å²) in [5.74, 6) is -1.75. The molecule has 0 bridgehead atoms. The highest BCUT2D eigenvalue weighted by molar-refractivity contribution is 5.22. The quantitative estimate of drug-likeness (QED) is 0.829. The average Bonchev–Trinajstić information content (AvgIpc) is 2.33. The second-order valence-corrected chi connectivity index (χ2v) is 5.29. The molecular formula is C14H18F2O. The minimum atomic E-state index is -0.888. The van der Waals surface area contributed by atoms with Crippen molar-refractivity contribution in [1.29, 1.82) is 0 Å². The molecule has 3 heteroatoms. The van der Waals surface area contributed by atoms with Crippen LogP contribution in [-0.4, -0.2) is 5.11 Å². The molecule has 1 aromatic carbocycles. The SMILES string of the molecule is CC1(C(O)c2ccc(F)c(F)c2)CCCCC1. The zero-order valence-corrected chi connectivity index (χ0v) is 10.0. The zero-order valence-electron chi connectivity index (χ0n) is 10.0. The Morgan fingerprint density at radius 3 is 2.35 bits per heavy atom. The van der Waals surface area contributed by atoms with Crippen LogP contribution in [0.15, 0.2) is 18.2 Å². The highest BCUT2D eigenvalue weighted by Crippen LogP contribution is 2.45. The Balaban J connectivity index is 2.23. The van der Waals surface area contributed by atoms with E-state index in [9.17, 15) is 13.9 Å². The van der Waals surface area contributed by atoms with Gasteiger partial charge in [-0.15, -0.1) is 0 Å². The van der Waals surface area contributed by atoms with E-state index in [1.807, 2.05) is 6.92 Å². The molecule has 0 radical (unpaired) electrons.